The number of benzene rings is 1. The van der Waals surface area contributed by atoms with E-state index in [0.29, 0.717) is 17.7 Å². The summed E-state index contributed by atoms with van der Waals surface area (Å²) in [6.07, 6.45) is 0.605. The number of carbonyl (C=O) groups excluding carboxylic acids is 1. The van der Waals surface area contributed by atoms with Crippen LogP contribution in [0.25, 0.3) is 11.3 Å². The third-order valence-electron chi connectivity index (χ3n) is 2.03. The fourth-order valence-corrected chi connectivity index (χ4v) is 1.83. The topological polar surface area (TPSA) is 43.1 Å². The van der Waals surface area contributed by atoms with Crippen molar-refractivity contribution >= 4 is 22.2 Å². The Morgan fingerprint density at radius 3 is 2.73 bits per heavy atom. The molecule has 1 aromatic carbocycles. The molecule has 15 heavy (non-hydrogen) atoms. The number of carbonyl (C=O) groups is 1. The fraction of sp³-hybridized carbons (Fsp3) is 0.0909. The first-order valence-electron chi connectivity index (χ1n) is 4.40. The van der Waals surface area contributed by atoms with Crippen LogP contribution in [-0.2, 0) is 0 Å². The van der Waals surface area contributed by atoms with Crippen molar-refractivity contribution in [3.8, 4) is 11.3 Å². The Bertz CT molecular complexity index is 505. The molecule has 0 fully saturated rings. The summed E-state index contributed by atoms with van der Waals surface area (Å²) in [5, 5.41) is 0. The molecular weight excluding hydrogens is 258 g/mol. The maximum Gasteiger partial charge on any atom is 0.260 e. The minimum Gasteiger partial charge on any atom is -0.434 e. The van der Waals surface area contributed by atoms with E-state index < -0.39 is 0 Å². The van der Waals surface area contributed by atoms with Gasteiger partial charge in [0.05, 0.1) is 5.69 Å². The maximum absolute atomic E-state index is 10.5. The Balaban J connectivity index is 2.58. The molecule has 1 aromatic heterocycles. The van der Waals surface area contributed by atoms with Crippen molar-refractivity contribution in [2.45, 2.75) is 6.92 Å². The van der Waals surface area contributed by atoms with E-state index in [2.05, 4.69) is 20.9 Å². The summed E-state index contributed by atoms with van der Waals surface area (Å²) in [6, 6.07) is 7.65. The van der Waals surface area contributed by atoms with Crippen LogP contribution in [-0.4, -0.2) is 11.3 Å². The molecule has 3 nitrogen and oxygen atoms in total. The predicted molar refractivity (Wildman–Crippen MR) is 59.8 cm³/mol. The van der Waals surface area contributed by atoms with Crippen LogP contribution in [0.5, 0.6) is 0 Å². The van der Waals surface area contributed by atoms with Crippen LogP contribution in [0.1, 0.15) is 16.4 Å². The van der Waals surface area contributed by atoms with Crippen LogP contribution in [0, 0.1) is 6.92 Å². The molecule has 0 unspecified atom stereocenters. The minimum atomic E-state index is 0.109. The zero-order valence-electron chi connectivity index (χ0n) is 8.03. The first kappa shape index (κ1) is 10.1. The lowest BCUT2D eigenvalue weighted by atomic mass is 10.1. The van der Waals surface area contributed by atoms with Gasteiger partial charge in [0.15, 0.2) is 5.76 Å². The molecule has 0 radical (unpaired) electrons. The van der Waals surface area contributed by atoms with Crippen molar-refractivity contribution in [3.05, 3.63) is 40.3 Å². The lowest BCUT2D eigenvalue weighted by Gasteiger charge is -1.99. The molecule has 0 aliphatic rings. The van der Waals surface area contributed by atoms with Crippen LogP contribution in [0.4, 0.5) is 0 Å². The van der Waals surface area contributed by atoms with Gasteiger partial charge in [-0.1, -0.05) is 34.1 Å². The number of aryl methyl sites for hydroxylation is 1. The average molecular weight is 266 g/mol. The van der Waals surface area contributed by atoms with E-state index in [1.54, 1.807) is 0 Å². The van der Waals surface area contributed by atoms with E-state index in [1.165, 1.54) is 0 Å². The lowest BCUT2D eigenvalue weighted by molar-refractivity contribution is 0.109. The smallest absolute Gasteiger partial charge is 0.260 e. The molecule has 4 heteroatoms. The van der Waals surface area contributed by atoms with E-state index in [9.17, 15) is 4.79 Å². The number of nitrogens with zero attached hydrogens (tertiary/aromatic N) is 1. The molecule has 0 amide bonds. The van der Waals surface area contributed by atoms with E-state index in [1.807, 2.05) is 31.2 Å². The van der Waals surface area contributed by atoms with Crippen LogP contribution in [0.3, 0.4) is 0 Å². The van der Waals surface area contributed by atoms with Crippen molar-refractivity contribution in [2.75, 3.05) is 0 Å². The maximum atomic E-state index is 10.5. The molecule has 0 N–H and O–H groups in total. The number of hydrogen-bond donors (Lipinski definition) is 0. The summed E-state index contributed by atoms with van der Waals surface area (Å²) in [5.41, 5.74) is 1.61. The number of aldehydes is 1. The molecule has 0 aliphatic heterocycles. The Kier molecular flexibility index (Phi) is 2.68. The summed E-state index contributed by atoms with van der Waals surface area (Å²) in [6.45, 7) is 1.81. The zero-order chi connectivity index (χ0) is 10.8. The SMILES string of the molecule is Cc1nc(C=O)oc1-c1ccccc1Br. The molecule has 0 bridgehead atoms. The minimum absolute atomic E-state index is 0.109. The molecule has 1 heterocycles. The van der Waals surface area contributed by atoms with Crippen LogP contribution in [0.15, 0.2) is 33.2 Å². The van der Waals surface area contributed by atoms with E-state index >= 15 is 0 Å². The molecule has 0 atom stereocenters. The lowest BCUT2D eigenvalue weighted by Crippen LogP contribution is -1.80. The largest absolute Gasteiger partial charge is 0.434 e. The highest BCUT2D eigenvalue weighted by atomic mass is 79.9. The third kappa shape index (κ3) is 1.85. The molecule has 0 aliphatic carbocycles. The van der Waals surface area contributed by atoms with Crippen LogP contribution >= 0.6 is 15.9 Å². The van der Waals surface area contributed by atoms with Gasteiger partial charge in [-0.05, 0) is 13.0 Å². The standard InChI is InChI=1S/C11H8BrNO2/c1-7-11(15-10(6-14)13-7)8-4-2-3-5-9(8)12/h2-6H,1H3. The van der Waals surface area contributed by atoms with Gasteiger partial charge < -0.3 is 4.42 Å². The van der Waals surface area contributed by atoms with E-state index in [4.69, 9.17) is 4.42 Å². The normalized spacial score (nSPS) is 10.3. The number of hydrogen-bond acceptors (Lipinski definition) is 3. The highest BCUT2D eigenvalue weighted by Gasteiger charge is 2.12. The van der Waals surface area contributed by atoms with E-state index in [0.717, 1.165) is 10.0 Å². The van der Waals surface area contributed by atoms with Crippen LogP contribution in [0.2, 0.25) is 0 Å². The van der Waals surface area contributed by atoms with Gasteiger partial charge in [-0.2, -0.15) is 0 Å². The Hall–Kier alpha value is -1.42. The molecular formula is C11H8BrNO2. The first-order chi connectivity index (χ1) is 7.22. The zero-order valence-corrected chi connectivity index (χ0v) is 9.61. The summed E-state index contributed by atoms with van der Waals surface area (Å²) >= 11 is 3.42. The number of halogens is 1. The van der Waals surface area contributed by atoms with Gasteiger partial charge in [0.1, 0.15) is 0 Å². The van der Waals surface area contributed by atoms with Gasteiger partial charge in [-0.3, -0.25) is 4.79 Å². The van der Waals surface area contributed by atoms with Gasteiger partial charge in [0.2, 0.25) is 6.29 Å². The van der Waals surface area contributed by atoms with Crippen molar-refractivity contribution < 1.29 is 9.21 Å². The Morgan fingerprint density at radius 2 is 2.13 bits per heavy atom. The highest BCUT2D eigenvalue weighted by Crippen LogP contribution is 2.30. The number of oxazole rings is 1. The van der Waals surface area contributed by atoms with Crippen molar-refractivity contribution in [2.24, 2.45) is 0 Å². The second-order valence-corrected chi connectivity index (χ2v) is 3.92. The van der Waals surface area contributed by atoms with Gasteiger partial charge >= 0.3 is 0 Å². The number of aromatic nitrogens is 1. The van der Waals surface area contributed by atoms with E-state index in [-0.39, 0.29) is 5.89 Å². The second kappa shape index (κ2) is 3.98. The van der Waals surface area contributed by atoms with Crippen molar-refractivity contribution in [1.29, 1.82) is 0 Å². The fourth-order valence-electron chi connectivity index (χ4n) is 1.36. The molecule has 2 aromatic rings. The Morgan fingerprint density at radius 1 is 1.40 bits per heavy atom. The Labute approximate surface area is 95.3 Å². The van der Waals surface area contributed by atoms with Crippen LogP contribution < -0.4 is 0 Å². The van der Waals surface area contributed by atoms with Gasteiger partial charge in [-0.15, -0.1) is 0 Å². The molecule has 0 saturated carbocycles. The highest BCUT2D eigenvalue weighted by molar-refractivity contribution is 9.10. The van der Waals surface area contributed by atoms with Crippen molar-refractivity contribution in [3.63, 3.8) is 0 Å². The first-order valence-corrected chi connectivity index (χ1v) is 5.19. The quantitative estimate of drug-likeness (QED) is 0.784. The van der Waals surface area contributed by atoms with Gasteiger partial charge in [-0.25, -0.2) is 4.98 Å². The molecule has 0 saturated heterocycles. The molecule has 0 spiro atoms. The van der Waals surface area contributed by atoms with Gasteiger partial charge in [0.25, 0.3) is 5.89 Å². The predicted octanol–water partition coefficient (Wildman–Crippen LogP) is 3.23. The summed E-state index contributed by atoms with van der Waals surface area (Å²) in [5.74, 6) is 0.739. The van der Waals surface area contributed by atoms with Crippen molar-refractivity contribution in [1.82, 2.24) is 4.98 Å². The third-order valence-corrected chi connectivity index (χ3v) is 2.72. The summed E-state index contributed by atoms with van der Waals surface area (Å²) < 4.78 is 6.24. The average Bonchev–Trinajstić information content (AvgIpc) is 2.60. The monoisotopic (exact) mass is 265 g/mol. The summed E-state index contributed by atoms with van der Waals surface area (Å²) in [4.78, 5) is 14.5. The second-order valence-electron chi connectivity index (χ2n) is 3.06. The molecule has 76 valence electrons. The number of rotatable bonds is 2. The molecule has 2 rings (SSSR count). The summed E-state index contributed by atoms with van der Waals surface area (Å²) in [7, 11) is 0. The van der Waals surface area contributed by atoms with Gasteiger partial charge in [0, 0.05) is 10.0 Å².